The van der Waals surface area contributed by atoms with Crippen LogP contribution in [0.4, 0.5) is 0 Å². The second-order valence-electron chi connectivity index (χ2n) is 4.07. The van der Waals surface area contributed by atoms with Crippen LogP contribution in [0.5, 0.6) is 17.2 Å². The second-order valence-corrected chi connectivity index (χ2v) is 4.07. The molecule has 0 radical (unpaired) electrons. The van der Waals surface area contributed by atoms with E-state index in [1.54, 1.807) is 21.3 Å². The van der Waals surface area contributed by atoms with Crippen LogP contribution in [0.15, 0.2) is 24.3 Å². The first kappa shape index (κ1) is 12.8. The van der Waals surface area contributed by atoms with Crippen molar-refractivity contribution in [1.82, 2.24) is 5.32 Å². The predicted octanol–water partition coefficient (Wildman–Crippen LogP) is 2.30. The summed E-state index contributed by atoms with van der Waals surface area (Å²) < 4.78 is 16.1. The van der Waals surface area contributed by atoms with Crippen LogP contribution in [0.2, 0.25) is 0 Å². The quantitative estimate of drug-likeness (QED) is 0.831. The molecule has 1 unspecified atom stereocenters. The van der Waals surface area contributed by atoms with E-state index in [0.717, 1.165) is 24.3 Å². The Kier molecular flexibility index (Phi) is 4.10. The average molecular weight is 249 g/mol. The van der Waals surface area contributed by atoms with Crippen LogP contribution in [-0.2, 0) is 0 Å². The normalized spacial score (nSPS) is 18.5. The molecule has 1 N–H and O–H groups in total. The molecule has 0 fully saturated rings. The van der Waals surface area contributed by atoms with Gasteiger partial charge in [-0.1, -0.05) is 12.2 Å². The summed E-state index contributed by atoms with van der Waals surface area (Å²) in [6.45, 7) is 0.971. The Morgan fingerprint density at radius 3 is 2.39 bits per heavy atom. The summed E-state index contributed by atoms with van der Waals surface area (Å²) in [5, 5.41) is 3.44. The maximum atomic E-state index is 5.48. The standard InChI is InChI=1S/C14H19NO3/c1-16-12-8-7-10(11-6-4-5-9-15-11)13(17-2)14(12)18-3/h4,6-8,11,15H,5,9H2,1-3H3. The molecule has 0 spiro atoms. The molecule has 0 bridgehead atoms. The molecule has 0 amide bonds. The first-order valence-electron chi connectivity index (χ1n) is 6.00. The molecule has 1 heterocycles. The van der Waals surface area contributed by atoms with E-state index < -0.39 is 0 Å². The Morgan fingerprint density at radius 2 is 1.83 bits per heavy atom. The first-order chi connectivity index (χ1) is 8.81. The molecule has 0 aromatic heterocycles. The van der Waals surface area contributed by atoms with Gasteiger partial charge in [0.2, 0.25) is 5.75 Å². The maximum absolute atomic E-state index is 5.48. The molecule has 1 aliphatic rings. The van der Waals surface area contributed by atoms with Crippen molar-refractivity contribution in [3.63, 3.8) is 0 Å². The number of hydrogen-bond donors (Lipinski definition) is 1. The molecule has 1 aromatic carbocycles. The van der Waals surface area contributed by atoms with Gasteiger partial charge in [0.1, 0.15) is 0 Å². The second kappa shape index (κ2) is 5.78. The highest BCUT2D eigenvalue weighted by atomic mass is 16.5. The Bertz CT molecular complexity index is 443. The molecule has 1 aromatic rings. The molecular weight excluding hydrogens is 230 g/mol. The number of hydrogen-bond acceptors (Lipinski definition) is 4. The van der Waals surface area contributed by atoms with Crippen LogP contribution < -0.4 is 19.5 Å². The predicted molar refractivity (Wildman–Crippen MR) is 70.6 cm³/mol. The van der Waals surface area contributed by atoms with Crippen LogP contribution in [0, 0.1) is 0 Å². The number of methoxy groups -OCH3 is 3. The molecule has 18 heavy (non-hydrogen) atoms. The maximum Gasteiger partial charge on any atom is 0.203 e. The van der Waals surface area contributed by atoms with Crippen molar-refractivity contribution < 1.29 is 14.2 Å². The van der Waals surface area contributed by atoms with E-state index in [9.17, 15) is 0 Å². The number of nitrogens with one attached hydrogen (secondary N) is 1. The highest BCUT2D eigenvalue weighted by molar-refractivity contribution is 5.57. The van der Waals surface area contributed by atoms with Crippen LogP contribution in [0.3, 0.4) is 0 Å². The lowest BCUT2D eigenvalue weighted by molar-refractivity contribution is 0.320. The lowest BCUT2D eigenvalue weighted by atomic mass is 10.0. The van der Waals surface area contributed by atoms with Crippen molar-refractivity contribution >= 4 is 0 Å². The van der Waals surface area contributed by atoms with Gasteiger partial charge in [0.15, 0.2) is 11.5 Å². The molecular formula is C14H19NO3. The zero-order valence-electron chi connectivity index (χ0n) is 11.0. The first-order valence-corrected chi connectivity index (χ1v) is 6.00. The van der Waals surface area contributed by atoms with Crippen molar-refractivity contribution in [1.29, 1.82) is 0 Å². The van der Waals surface area contributed by atoms with Gasteiger partial charge in [0, 0.05) is 5.56 Å². The minimum atomic E-state index is 0.161. The molecule has 4 nitrogen and oxygen atoms in total. The number of ether oxygens (including phenoxy) is 3. The minimum Gasteiger partial charge on any atom is -0.493 e. The van der Waals surface area contributed by atoms with Gasteiger partial charge in [-0.3, -0.25) is 0 Å². The van der Waals surface area contributed by atoms with Gasteiger partial charge < -0.3 is 19.5 Å². The molecule has 0 aliphatic carbocycles. The smallest absolute Gasteiger partial charge is 0.203 e. The highest BCUT2D eigenvalue weighted by Crippen LogP contribution is 2.42. The lowest BCUT2D eigenvalue weighted by Crippen LogP contribution is -2.24. The fourth-order valence-corrected chi connectivity index (χ4v) is 2.21. The Labute approximate surface area is 108 Å². The van der Waals surface area contributed by atoms with Crippen molar-refractivity contribution in [3.8, 4) is 17.2 Å². The summed E-state index contributed by atoms with van der Waals surface area (Å²) in [5.41, 5.74) is 1.06. The van der Waals surface area contributed by atoms with Crippen molar-refractivity contribution in [2.24, 2.45) is 0 Å². The molecule has 1 atom stereocenters. The average Bonchev–Trinajstić information content (AvgIpc) is 2.46. The zero-order valence-corrected chi connectivity index (χ0v) is 11.0. The molecule has 0 saturated carbocycles. The SMILES string of the molecule is COc1ccc(C2C=CCCN2)c(OC)c1OC. The van der Waals surface area contributed by atoms with E-state index in [2.05, 4.69) is 17.5 Å². The third-order valence-electron chi connectivity index (χ3n) is 3.07. The third kappa shape index (κ3) is 2.29. The van der Waals surface area contributed by atoms with Gasteiger partial charge in [0.05, 0.1) is 27.4 Å². The molecule has 2 rings (SSSR count). The van der Waals surface area contributed by atoms with E-state index in [1.807, 2.05) is 12.1 Å². The molecule has 1 aliphatic heterocycles. The third-order valence-corrected chi connectivity index (χ3v) is 3.07. The van der Waals surface area contributed by atoms with E-state index in [4.69, 9.17) is 14.2 Å². The minimum absolute atomic E-state index is 0.161. The summed E-state index contributed by atoms with van der Waals surface area (Å²) >= 11 is 0. The lowest BCUT2D eigenvalue weighted by Gasteiger charge is -2.23. The molecule has 0 saturated heterocycles. The molecule has 98 valence electrons. The summed E-state index contributed by atoms with van der Waals surface area (Å²) in [7, 11) is 4.89. The summed E-state index contributed by atoms with van der Waals surface area (Å²) in [6.07, 6.45) is 5.39. The summed E-state index contributed by atoms with van der Waals surface area (Å²) in [5.74, 6) is 2.04. The van der Waals surface area contributed by atoms with Gasteiger partial charge >= 0.3 is 0 Å². The topological polar surface area (TPSA) is 39.7 Å². The van der Waals surface area contributed by atoms with Crippen LogP contribution in [0.25, 0.3) is 0 Å². The molecule has 4 heteroatoms. The Morgan fingerprint density at radius 1 is 1.06 bits per heavy atom. The zero-order chi connectivity index (χ0) is 13.0. The summed E-state index contributed by atoms with van der Waals surface area (Å²) in [4.78, 5) is 0. The van der Waals surface area contributed by atoms with Crippen molar-refractivity contribution in [3.05, 3.63) is 29.8 Å². The fraction of sp³-hybridized carbons (Fsp3) is 0.429. The van der Waals surface area contributed by atoms with E-state index in [0.29, 0.717) is 11.5 Å². The van der Waals surface area contributed by atoms with E-state index in [-0.39, 0.29) is 6.04 Å². The van der Waals surface area contributed by atoms with Crippen LogP contribution >= 0.6 is 0 Å². The monoisotopic (exact) mass is 249 g/mol. The number of rotatable bonds is 4. The van der Waals surface area contributed by atoms with Gasteiger partial charge in [-0.05, 0) is 25.1 Å². The van der Waals surface area contributed by atoms with Gasteiger partial charge in [-0.2, -0.15) is 0 Å². The largest absolute Gasteiger partial charge is 0.493 e. The Balaban J connectivity index is 2.46. The highest BCUT2D eigenvalue weighted by Gasteiger charge is 2.21. The van der Waals surface area contributed by atoms with Crippen molar-refractivity contribution in [2.45, 2.75) is 12.5 Å². The van der Waals surface area contributed by atoms with Crippen LogP contribution in [-0.4, -0.2) is 27.9 Å². The van der Waals surface area contributed by atoms with E-state index in [1.165, 1.54) is 0 Å². The Hall–Kier alpha value is -1.68. The van der Waals surface area contributed by atoms with Gasteiger partial charge in [0.25, 0.3) is 0 Å². The van der Waals surface area contributed by atoms with Crippen molar-refractivity contribution in [2.75, 3.05) is 27.9 Å². The number of benzene rings is 1. The fourth-order valence-electron chi connectivity index (χ4n) is 2.21. The van der Waals surface area contributed by atoms with E-state index >= 15 is 0 Å². The van der Waals surface area contributed by atoms with Crippen LogP contribution in [0.1, 0.15) is 18.0 Å². The van der Waals surface area contributed by atoms with Gasteiger partial charge in [-0.25, -0.2) is 0 Å². The van der Waals surface area contributed by atoms with Gasteiger partial charge in [-0.15, -0.1) is 0 Å². The summed E-state index contributed by atoms with van der Waals surface area (Å²) in [6, 6.07) is 4.07.